The molecular formula is C18H14Cl2N2O2. The highest BCUT2D eigenvalue weighted by molar-refractivity contribution is 6.42. The fourth-order valence-corrected chi connectivity index (χ4v) is 2.67. The van der Waals surface area contributed by atoms with Crippen LogP contribution in [-0.4, -0.2) is 16.8 Å². The first-order chi connectivity index (χ1) is 11.4. The molecule has 0 aliphatic carbocycles. The van der Waals surface area contributed by atoms with Crippen LogP contribution in [0.2, 0.25) is 10.0 Å². The SMILES string of the molecule is Cc1ccc(CN2C(=O)N/C(=C/c3ccc(Cl)c(Cl)c3)C2=O)cc1. The second-order valence-corrected chi connectivity index (χ2v) is 6.35. The lowest BCUT2D eigenvalue weighted by Crippen LogP contribution is -2.30. The van der Waals surface area contributed by atoms with Crippen molar-refractivity contribution in [2.45, 2.75) is 13.5 Å². The molecular weight excluding hydrogens is 347 g/mol. The maximum Gasteiger partial charge on any atom is 0.329 e. The van der Waals surface area contributed by atoms with Gasteiger partial charge in [-0.05, 0) is 36.3 Å². The number of carbonyl (C=O) groups is 2. The first kappa shape index (κ1) is 16.6. The number of imide groups is 1. The predicted octanol–water partition coefficient (Wildman–Crippen LogP) is 4.39. The Labute approximate surface area is 149 Å². The van der Waals surface area contributed by atoms with Gasteiger partial charge in [0.2, 0.25) is 0 Å². The fraction of sp³-hybridized carbons (Fsp3) is 0.111. The molecule has 0 bridgehead atoms. The van der Waals surface area contributed by atoms with E-state index in [0.29, 0.717) is 15.6 Å². The van der Waals surface area contributed by atoms with Crippen LogP contribution in [0.1, 0.15) is 16.7 Å². The summed E-state index contributed by atoms with van der Waals surface area (Å²) < 4.78 is 0. The smallest absolute Gasteiger partial charge is 0.303 e. The summed E-state index contributed by atoms with van der Waals surface area (Å²) in [6, 6.07) is 12.3. The van der Waals surface area contributed by atoms with E-state index in [2.05, 4.69) is 5.32 Å². The van der Waals surface area contributed by atoms with Crippen LogP contribution in [0.15, 0.2) is 48.2 Å². The quantitative estimate of drug-likeness (QED) is 0.651. The number of nitrogens with one attached hydrogen (secondary N) is 1. The molecule has 1 aliphatic heterocycles. The number of amides is 3. The van der Waals surface area contributed by atoms with Gasteiger partial charge in [-0.2, -0.15) is 0 Å². The topological polar surface area (TPSA) is 49.4 Å². The van der Waals surface area contributed by atoms with Crippen molar-refractivity contribution in [3.63, 3.8) is 0 Å². The first-order valence-electron chi connectivity index (χ1n) is 7.29. The summed E-state index contributed by atoms with van der Waals surface area (Å²) in [6.45, 7) is 2.21. The van der Waals surface area contributed by atoms with E-state index in [0.717, 1.165) is 11.1 Å². The van der Waals surface area contributed by atoms with Crippen LogP contribution in [0.4, 0.5) is 4.79 Å². The molecule has 1 saturated heterocycles. The Morgan fingerprint density at radius 2 is 1.75 bits per heavy atom. The minimum Gasteiger partial charge on any atom is -0.303 e. The Bertz CT molecular complexity index is 845. The predicted molar refractivity (Wildman–Crippen MR) is 94.7 cm³/mol. The minimum atomic E-state index is -0.438. The largest absolute Gasteiger partial charge is 0.329 e. The van der Waals surface area contributed by atoms with Crippen molar-refractivity contribution in [3.8, 4) is 0 Å². The zero-order valence-corrected chi connectivity index (χ0v) is 14.4. The van der Waals surface area contributed by atoms with Crippen molar-refractivity contribution in [2.24, 2.45) is 0 Å². The molecule has 3 amide bonds. The Hall–Kier alpha value is -2.30. The Morgan fingerprint density at radius 3 is 2.42 bits per heavy atom. The fourth-order valence-electron chi connectivity index (χ4n) is 2.36. The van der Waals surface area contributed by atoms with Gasteiger partial charge in [0.1, 0.15) is 5.70 Å². The van der Waals surface area contributed by atoms with Crippen molar-refractivity contribution in [1.29, 1.82) is 0 Å². The number of rotatable bonds is 3. The van der Waals surface area contributed by atoms with E-state index >= 15 is 0 Å². The van der Waals surface area contributed by atoms with Crippen molar-refractivity contribution in [2.75, 3.05) is 0 Å². The normalized spacial score (nSPS) is 16.0. The number of carbonyl (C=O) groups excluding carboxylic acids is 2. The van der Waals surface area contributed by atoms with Gasteiger partial charge in [-0.25, -0.2) is 4.79 Å². The molecule has 1 heterocycles. The Balaban J connectivity index is 1.81. The summed E-state index contributed by atoms with van der Waals surface area (Å²) in [5.74, 6) is -0.369. The Morgan fingerprint density at radius 1 is 1.04 bits per heavy atom. The molecule has 0 unspecified atom stereocenters. The van der Waals surface area contributed by atoms with E-state index < -0.39 is 6.03 Å². The van der Waals surface area contributed by atoms with E-state index in [-0.39, 0.29) is 18.1 Å². The highest BCUT2D eigenvalue weighted by atomic mass is 35.5. The Kier molecular flexibility index (Phi) is 4.60. The lowest BCUT2D eigenvalue weighted by molar-refractivity contribution is -0.123. The molecule has 0 radical (unpaired) electrons. The number of urea groups is 1. The number of nitrogens with zero attached hydrogens (tertiary/aromatic N) is 1. The van der Waals surface area contributed by atoms with E-state index in [1.807, 2.05) is 31.2 Å². The molecule has 24 heavy (non-hydrogen) atoms. The van der Waals surface area contributed by atoms with E-state index in [4.69, 9.17) is 23.2 Å². The number of aryl methyl sites for hydroxylation is 1. The molecule has 1 aliphatic rings. The zero-order chi connectivity index (χ0) is 17.3. The lowest BCUT2D eigenvalue weighted by atomic mass is 10.1. The second-order valence-electron chi connectivity index (χ2n) is 5.54. The third-order valence-corrected chi connectivity index (χ3v) is 4.42. The molecule has 6 heteroatoms. The van der Waals surface area contributed by atoms with Gasteiger partial charge >= 0.3 is 6.03 Å². The van der Waals surface area contributed by atoms with Crippen molar-refractivity contribution in [3.05, 3.63) is 74.9 Å². The summed E-state index contributed by atoms with van der Waals surface area (Å²) in [4.78, 5) is 25.7. The van der Waals surface area contributed by atoms with Crippen LogP contribution in [0.25, 0.3) is 6.08 Å². The number of hydrogen-bond acceptors (Lipinski definition) is 2. The van der Waals surface area contributed by atoms with Crippen LogP contribution in [0.3, 0.4) is 0 Å². The van der Waals surface area contributed by atoms with E-state index in [1.165, 1.54) is 4.90 Å². The van der Waals surface area contributed by atoms with Crippen LogP contribution >= 0.6 is 23.2 Å². The van der Waals surface area contributed by atoms with E-state index in [1.54, 1.807) is 24.3 Å². The highest BCUT2D eigenvalue weighted by Gasteiger charge is 2.33. The molecule has 1 fully saturated rings. The van der Waals surface area contributed by atoms with Gasteiger partial charge in [0.25, 0.3) is 5.91 Å². The van der Waals surface area contributed by atoms with Gasteiger partial charge < -0.3 is 5.32 Å². The average molecular weight is 361 g/mol. The standard InChI is InChI=1S/C18H14Cl2N2O2/c1-11-2-4-12(5-3-11)10-22-17(23)16(21-18(22)24)9-13-6-7-14(19)15(20)8-13/h2-9H,10H2,1H3,(H,21,24)/b16-9+. The number of halogens is 2. The third-order valence-electron chi connectivity index (χ3n) is 3.68. The molecule has 122 valence electrons. The van der Waals surface area contributed by atoms with Gasteiger partial charge in [-0.15, -0.1) is 0 Å². The van der Waals surface area contributed by atoms with E-state index in [9.17, 15) is 9.59 Å². The summed E-state index contributed by atoms with van der Waals surface area (Å²) in [5.41, 5.74) is 2.91. The molecule has 0 spiro atoms. The maximum absolute atomic E-state index is 12.5. The molecule has 0 atom stereocenters. The third kappa shape index (κ3) is 3.45. The monoisotopic (exact) mass is 360 g/mol. The molecule has 1 N–H and O–H groups in total. The molecule has 0 saturated carbocycles. The molecule has 0 aromatic heterocycles. The van der Waals surface area contributed by atoms with Gasteiger partial charge in [-0.3, -0.25) is 9.69 Å². The molecule has 4 nitrogen and oxygen atoms in total. The van der Waals surface area contributed by atoms with Gasteiger partial charge in [0.15, 0.2) is 0 Å². The van der Waals surface area contributed by atoms with Crippen molar-refractivity contribution >= 4 is 41.2 Å². The van der Waals surface area contributed by atoms with Crippen molar-refractivity contribution in [1.82, 2.24) is 10.2 Å². The minimum absolute atomic E-state index is 0.213. The van der Waals surface area contributed by atoms with Gasteiger partial charge in [-0.1, -0.05) is 59.1 Å². The highest BCUT2D eigenvalue weighted by Crippen LogP contribution is 2.24. The van der Waals surface area contributed by atoms with Crippen LogP contribution in [0.5, 0.6) is 0 Å². The molecule has 2 aromatic carbocycles. The molecule has 2 aromatic rings. The number of benzene rings is 2. The average Bonchev–Trinajstić information content (AvgIpc) is 2.80. The van der Waals surface area contributed by atoms with Crippen LogP contribution < -0.4 is 5.32 Å². The number of hydrogen-bond donors (Lipinski definition) is 1. The lowest BCUT2D eigenvalue weighted by Gasteiger charge is -2.11. The summed E-state index contributed by atoms with van der Waals surface area (Å²) >= 11 is 11.8. The van der Waals surface area contributed by atoms with Gasteiger partial charge in [0.05, 0.1) is 16.6 Å². The summed E-state index contributed by atoms with van der Waals surface area (Å²) in [7, 11) is 0. The van der Waals surface area contributed by atoms with Gasteiger partial charge in [0, 0.05) is 0 Å². The first-order valence-corrected chi connectivity index (χ1v) is 8.05. The second kappa shape index (κ2) is 6.67. The summed E-state index contributed by atoms with van der Waals surface area (Å²) in [5, 5.41) is 3.41. The van der Waals surface area contributed by atoms with Crippen LogP contribution in [-0.2, 0) is 11.3 Å². The van der Waals surface area contributed by atoms with Crippen molar-refractivity contribution < 1.29 is 9.59 Å². The zero-order valence-electron chi connectivity index (χ0n) is 12.8. The van der Waals surface area contributed by atoms with Crippen LogP contribution in [0, 0.1) is 6.92 Å². The maximum atomic E-state index is 12.5. The molecule has 3 rings (SSSR count). The summed E-state index contributed by atoms with van der Waals surface area (Å²) in [6.07, 6.45) is 1.58.